The minimum Gasteiger partial charge on any atom is -0.771 e. The van der Waals surface area contributed by atoms with Gasteiger partial charge < -0.3 is 14.4 Å². The second kappa shape index (κ2) is 12.1. The number of carbonyl (C=O) groups is 1. The van der Waals surface area contributed by atoms with Gasteiger partial charge in [0.15, 0.2) is 0 Å². The Morgan fingerprint density at radius 1 is 1.07 bits per heavy atom. The lowest BCUT2D eigenvalue weighted by molar-refractivity contribution is -0.137. The van der Waals surface area contributed by atoms with E-state index >= 15 is 0 Å². The summed E-state index contributed by atoms with van der Waals surface area (Å²) in [6.45, 7) is 5.62. The maximum atomic E-state index is 13.6. The maximum absolute atomic E-state index is 13.6. The van der Waals surface area contributed by atoms with Crippen molar-refractivity contribution in [2.24, 2.45) is 0 Å². The largest absolute Gasteiger partial charge is 0.771 e. The van der Waals surface area contributed by atoms with Crippen molar-refractivity contribution < 1.29 is 26.7 Å². The fourth-order valence-corrected chi connectivity index (χ4v) is 6.75. The Labute approximate surface area is 246 Å². The first kappa shape index (κ1) is 30.2. The van der Waals surface area contributed by atoms with Gasteiger partial charge in [-0.2, -0.15) is 13.2 Å². The fourth-order valence-electron chi connectivity index (χ4n) is 6.11. The van der Waals surface area contributed by atoms with Gasteiger partial charge in [-0.15, -0.1) is 0 Å². The molecule has 1 fully saturated rings. The molecular formula is C31H34F3N4O3S-. The summed E-state index contributed by atoms with van der Waals surface area (Å²) in [6, 6.07) is 13.7. The first-order valence-electron chi connectivity index (χ1n) is 14.0. The predicted molar refractivity (Wildman–Crippen MR) is 155 cm³/mol. The zero-order chi connectivity index (χ0) is 30.2. The zero-order valence-corrected chi connectivity index (χ0v) is 24.6. The molecule has 3 aromatic rings. The highest BCUT2D eigenvalue weighted by atomic mass is 32.2. The van der Waals surface area contributed by atoms with Crippen LogP contribution in [0.2, 0.25) is 0 Å². The number of rotatable bonds is 7. The number of piperidine rings is 1. The first-order chi connectivity index (χ1) is 19.9. The molecule has 0 saturated carbocycles. The summed E-state index contributed by atoms with van der Waals surface area (Å²) < 4.78 is 64.1. The van der Waals surface area contributed by atoms with Crippen molar-refractivity contribution in [1.82, 2.24) is 15.2 Å². The fraction of sp³-hybridized carbons (Fsp3) is 0.419. The van der Waals surface area contributed by atoms with Gasteiger partial charge in [0.05, 0.1) is 10.9 Å². The highest BCUT2D eigenvalue weighted by Crippen LogP contribution is 2.36. The summed E-state index contributed by atoms with van der Waals surface area (Å²) in [5, 5.41) is 1.71. The molecule has 1 aromatic heterocycles. The Morgan fingerprint density at radius 2 is 1.76 bits per heavy atom. The van der Waals surface area contributed by atoms with Crippen LogP contribution in [0.25, 0.3) is 0 Å². The average Bonchev–Trinajstić information content (AvgIpc) is 3.36. The molecule has 0 radical (unpaired) electrons. The molecule has 3 atom stereocenters. The van der Waals surface area contributed by atoms with Crippen LogP contribution in [-0.4, -0.2) is 50.7 Å². The number of hydrogen-bond donors (Lipinski definition) is 1. The van der Waals surface area contributed by atoms with Crippen LogP contribution < -0.4 is 10.2 Å². The summed E-state index contributed by atoms with van der Waals surface area (Å²) >= 11 is -2.72. The minimum absolute atomic E-state index is 0.0157. The number of carbonyl (C=O) groups excluding carboxylic acids is 1. The smallest absolute Gasteiger partial charge is 0.416 e. The number of pyridine rings is 1. The second-order valence-corrected chi connectivity index (χ2v) is 12.2. The summed E-state index contributed by atoms with van der Waals surface area (Å²) in [5.41, 5.74) is 4.51. The summed E-state index contributed by atoms with van der Waals surface area (Å²) in [5.74, 6) is -0.112. The van der Waals surface area contributed by atoms with Crippen LogP contribution >= 0.6 is 0 Å². The quantitative estimate of drug-likeness (QED) is 0.355. The van der Waals surface area contributed by atoms with Gasteiger partial charge in [0.25, 0.3) is 5.91 Å². The Kier molecular flexibility index (Phi) is 8.73. The molecule has 2 aromatic carbocycles. The molecule has 0 bridgehead atoms. The number of aromatic nitrogens is 1. The van der Waals surface area contributed by atoms with Gasteiger partial charge >= 0.3 is 6.18 Å². The molecule has 1 saturated heterocycles. The lowest BCUT2D eigenvalue weighted by atomic mass is 10.00. The summed E-state index contributed by atoms with van der Waals surface area (Å²) in [6.07, 6.45) is -1.69. The number of nitrogens with zero attached hydrogens (tertiary/aromatic N) is 3. The lowest BCUT2D eigenvalue weighted by Gasteiger charge is -2.38. The van der Waals surface area contributed by atoms with Gasteiger partial charge in [-0.1, -0.05) is 18.2 Å². The molecule has 42 heavy (non-hydrogen) atoms. The summed E-state index contributed by atoms with van der Waals surface area (Å²) in [7, 11) is 1.82. The second-order valence-electron chi connectivity index (χ2n) is 11.2. The Hall–Kier alpha value is -3.28. The SMILES string of the molecule is Cc1cc(N2CCC(N(C)C(=O)c3ccc4c(c3)C(NC(c3cccc(C(F)(F)F)c3)S(=O)[O-])CC4)CC2)cc(C)n1. The lowest BCUT2D eigenvalue weighted by Crippen LogP contribution is -2.45. The van der Waals surface area contributed by atoms with E-state index < -0.39 is 34.2 Å². The number of anilines is 1. The van der Waals surface area contributed by atoms with E-state index in [1.165, 1.54) is 12.1 Å². The molecule has 7 nitrogen and oxygen atoms in total. The van der Waals surface area contributed by atoms with Crippen LogP contribution in [-0.2, 0) is 23.7 Å². The van der Waals surface area contributed by atoms with Gasteiger partial charge in [0.1, 0.15) is 0 Å². The predicted octanol–water partition coefficient (Wildman–Crippen LogP) is 5.61. The van der Waals surface area contributed by atoms with Gasteiger partial charge in [-0.3, -0.25) is 19.3 Å². The normalized spacial score (nSPS) is 18.9. The molecule has 11 heteroatoms. The number of hydrogen-bond acceptors (Lipinski definition) is 6. The highest BCUT2D eigenvalue weighted by molar-refractivity contribution is 7.79. The van der Waals surface area contributed by atoms with Crippen LogP contribution in [0.3, 0.4) is 0 Å². The number of amides is 1. The third-order valence-corrected chi connectivity index (χ3v) is 9.09. The number of alkyl halides is 3. The Morgan fingerprint density at radius 3 is 2.40 bits per heavy atom. The highest BCUT2D eigenvalue weighted by Gasteiger charge is 2.33. The monoisotopic (exact) mass is 599 g/mol. The van der Waals surface area contributed by atoms with E-state index in [9.17, 15) is 26.7 Å². The standard InChI is InChI=1S/C31H35F3N4O3S/c1-19-15-26(16-20(2)35-19)38-13-11-25(12-14-38)37(3)30(39)23-8-7-21-9-10-28(27(21)18-23)36-29(42(40)41)22-5-4-6-24(17-22)31(32,33)34/h4-8,15-18,25,28-29,36H,9-14H2,1-3H3,(H,40,41)/p-1. The number of benzene rings is 2. The van der Waals surface area contributed by atoms with E-state index in [1.54, 1.807) is 17.0 Å². The van der Waals surface area contributed by atoms with Crippen LogP contribution in [0.5, 0.6) is 0 Å². The number of nitrogens with one attached hydrogen (secondary N) is 1. The molecule has 3 unspecified atom stereocenters. The average molecular weight is 600 g/mol. The van der Waals surface area contributed by atoms with Crippen molar-refractivity contribution in [3.8, 4) is 0 Å². The molecule has 1 aliphatic heterocycles. The third kappa shape index (κ3) is 6.53. The molecular weight excluding hydrogens is 565 g/mol. The van der Waals surface area contributed by atoms with Crippen molar-refractivity contribution in [3.05, 3.63) is 93.8 Å². The Bertz CT molecular complexity index is 1470. The Balaban J connectivity index is 1.28. The van der Waals surface area contributed by atoms with Gasteiger partial charge in [-0.25, -0.2) is 0 Å². The van der Waals surface area contributed by atoms with Crippen molar-refractivity contribution in [3.63, 3.8) is 0 Å². The molecule has 1 amide bonds. The molecule has 0 spiro atoms. The minimum atomic E-state index is -4.58. The van der Waals surface area contributed by atoms with Crippen LogP contribution in [0.15, 0.2) is 54.6 Å². The number of aryl methyl sites for hydroxylation is 3. The molecule has 5 rings (SSSR count). The topological polar surface area (TPSA) is 88.6 Å². The number of fused-ring (bicyclic) bond motifs is 1. The van der Waals surface area contributed by atoms with Crippen LogP contribution in [0, 0.1) is 13.8 Å². The van der Waals surface area contributed by atoms with Crippen molar-refractivity contribution >= 4 is 22.7 Å². The summed E-state index contributed by atoms with van der Waals surface area (Å²) in [4.78, 5) is 22.1. The van der Waals surface area contributed by atoms with Crippen LogP contribution in [0.4, 0.5) is 18.9 Å². The molecule has 2 aliphatic rings. The number of halogens is 3. The van der Waals surface area contributed by atoms with E-state index in [2.05, 4.69) is 27.3 Å². The van der Waals surface area contributed by atoms with Gasteiger partial charge in [-0.05, 0) is 104 Å². The van der Waals surface area contributed by atoms with E-state index in [4.69, 9.17) is 0 Å². The van der Waals surface area contributed by atoms with E-state index in [0.29, 0.717) is 18.4 Å². The van der Waals surface area contributed by atoms with E-state index in [1.807, 2.05) is 27.0 Å². The molecule has 224 valence electrons. The van der Waals surface area contributed by atoms with E-state index in [-0.39, 0.29) is 17.5 Å². The van der Waals surface area contributed by atoms with Crippen molar-refractivity contribution in [1.29, 1.82) is 0 Å². The zero-order valence-electron chi connectivity index (χ0n) is 23.8. The van der Waals surface area contributed by atoms with Crippen molar-refractivity contribution in [2.45, 2.75) is 63.2 Å². The first-order valence-corrected chi connectivity index (χ1v) is 15.2. The van der Waals surface area contributed by atoms with E-state index in [0.717, 1.165) is 66.3 Å². The van der Waals surface area contributed by atoms with Crippen LogP contribution in [0.1, 0.15) is 74.7 Å². The van der Waals surface area contributed by atoms with Gasteiger partial charge in [0, 0.05) is 54.9 Å². The molecule has 1 N–H and O–H groups in total. The van der Waals surface area contributed by atoms with Gasteiger partial charge in [0.2, 0.25) is 0 Å². The van der Waals surface area contributed by atoms with Crippen molar-refractivity contribution in [2.75, 3.05) is 25.0 Å². The molecule has 1 aliphatic carbocycles. The third-order valence-electron chi connectivity index (χ3n) is 8.30. The molecule has 2 heterocycles. The maximum Gasteiger partial charge on any atom is 0.416 e.